The van der Waals surface area contributed by atoms with E-state index in [0.29, 0.717) is 23.6 Å². The first-order valence-corrected chi connectivity index (χ1v) is 11.8. The van der Waals surface area contributed by atoms with E-state index in [9.17, 15) is 9.50 Å². The molecule has 0 fully saturated rings. The predicted octanol–water partition coefficient (Wildman–Crippen LogP) is 8.81. The molecule has 0 amide bonds. The van der Waals surface area contributed by atoms with E-state index in [1.807, 2.05) is 68.5 Å². The van der Waals surface area contributed by atoms with Gasteiger partial charge in [0.15, 0.2) is 5.90 Å². The molecule has 3 aromatic carbocycles. The van der Waals surface area contributed by atoms with Crippen LogP contribution in [-0.2, 0) is 0 Å². The van der Waals surface area contributed by atoms with E-state index in [0.717, 1.165) is 33.6 Å². The van der Waals surface area contributed by atoms with E-state index < -0.39 is 0 Å². The van der Waals surface area contributed by atoms with Crippen LogP contribution in [0.2, 0.25) is 0 Å². The summed E-state index contributed by atoms with van der Waals surface area (Å²) < 4.78 is 20.9. The van der Waals surface area contributed by atoms with Crippen LogP contribution in [0.15, 0.2) is 97.1 Å². The lowest BCUT2D eigenvalue weighted by Gasteiger charge is -2.11. The summed E-state index contributed by atoms with van der Waals surface area (Å²) in [6, 6.07) is 16.4. The van der Waals surface area contributed by atoms with Crippen molar-refractivity contribution in [2.45, 2.75) is 34.1 Å². The molecule has 0 radical (unpaired) electrons. The van der Waals surface area contributed by atoms with Crippen LogP contribution in [0.5, 0.6) is 11.5 Å². The lowest BCUT2D eigenvalue weighted by molar-refractivity contribution is 0.473. The maximum atomic E-state index is 15.0. The summed E-state index contributed by atoms with van der Waals surface area (Å²) in [5.74, 6) is 1.14. The Hall–Kier alpha value is -4.18. The molecule has 0 saturated heterocycles. The van der Waals surface area contributed by atoms with Gasteiger partial charge in [-0.15, -0.1) is 13.2 Å². The number of aromatic hydroxyl groups is 1. The highest BCUT2D eigenvalue weighted by Gasteiger charge is 2.13. The number of hydrogen-bond donors (Lipinski definition) is 1. The van der Waals surface area contributed by atoms with Gasteiger partial charge in [0.1, 0.15) is 17.3 Å². The van der Waals surface area contributed by atoms with Crippen LogP contribution in [0, 0.1) is 26.6 Å². The molecule has 0 heterocycles. The number of ether oxygens (including phenoxy) is 1. The SMILES string of the molecule is C=C.CC(=Nc1cc(C2=CC=C(c3ccccc3O)C=CC2)c(F)cc1C)Oc1ccc(C)c(C)c1. The number of halogens is 1. The number of nitrogens with zero attached hydrogens (tertiary/aromatic N) is 1. The van der Waals surface area contributed by atoms with Crippen LogP contribution in [-0.4, -0.2) is 11.0 Å². The first-order valence-electron chi connectivity index (χ1n) is 11.8. The van der Waals surface area contributed by atoms with Crippen LogP contribution in [0.4, 0.5) is 10.1 Å². The second-order valence-corrected chi connectivity index (χ2v) is 8.54. The number of aliphatic imine (C=N–C) groups is 1. The molecule has 4 rings (SSSR count). The molecule has 184 valence electrons. The predicted molar refractivity (Wildman–Crippen MR) is 150 cm³/mol. The second-order valence-electron chi connectivity index (χ2n) is 8.54. The normalized spacial score (nSPS) is 13.2. The van der Waals surface area contributed by atoms with Crippen LogP contribution >= 0.6 is 0 Å². The zero-order valence-electron chi connectivity index (χ0n) is 21.3. The Bertz CT molecular complexity index is 1380. The average Bonchev–Trinajstić information content (AvgIpc) is 3.11. The van der Waals surface area contributed by atoms with E-state index in [4.69, 9.17) is 4.74 Å². The molecule has 0 unspecified atom stereocenters. The number of aryl methyl sites for hydroxylation is 3. The number of phenolic OH excluding ortho intramolecular Hbond substituents is 1. The summed E-state index contributed by atoms with van der Waals surface area (Å²) in [6.07, 6.45) is 8.30. The summed E-state index contributed by atoms with van der Waals surface area (Å²) in [4.78, 5) is 4.63. The number of hydrogen-bond acceptors (Lipinski definition) is 3. The molecule has 1 N–H and O–H groups in total. The highest BCUT2D eigenvalue weighted by atomic mass is 19.1. The molecule has 3 nitrogen and oxygen atoms in total. The van der Waals surface area contributed by atoms with Gasteiger partial charge < -0.3 is 9.84 Å². The third-order valence-electron chi connectivity index (χ3n) is 5.97. The molecule has 1 aliphatic rings. The molecule has 0 aliphatic heterocycles. The van der Waals surface area contributed by atoms with Crippen molar-refractivity contribution in [3.05, 3.63) is 126 Å². The summed E-state index contributed by atoms with van der Waals surface area (Å²) >= 11 is 0. The van der Waals surface area contributed by atoms with Gasteiger partial charge in [-0.1, -0.05) is 48.6 Å². The molecular weight excluding hydrogens is 449 g/mol. The molecule has 0 atom stereocenters. The van der Waals surface area contributed by atoms with E-state index in [1.54, 1.807) is 25.1 Å². The Morgan fingerprint density at radius 3 is 2.39 bits per heavy atom. The van der Waals surface area contributed by atoms with Gasteiger partial charge in [0.2, 0.25) is 0 Å². The number of para-hydroxylation sites is 1. The highest BCUT2D eigenvalue weighted by Crippen LogP contribution is 2.33. The second kappa shape index (κ2) is 12.0. The Morgan fingerprint density at radius 1 is 0.917 bits per heavy atom. The average molecular weight is 482 g/mol. The van der Waals surface area contributed by atoms with E-state index in [2.05, 4.69) is 25.1 Å². The number of rotatable bonds is 4. The van der Waals surface area contributed by atoms with Crippen LogP contribution < -0.4 is 4.74 Å². The molecule has 0 aromatic heterocycles. The Balaban J connectivity index is 0.00000176. The number of phenols is 1. The summed E-state index contributed by atoms with van der Waals surface area (Å²) in [5.41, 5.74) is 6.70. The minimum atomic E-state index is -0.289. The van der Waals surface area contributed by atoms with Gasteiger partial charge in [0.25, 0.3) is 0 Å². The zero-order valence-corrected chi connectivity index (χ0v) is 21.3. The minimum absolute atomic E-state index is 0.215. The fourth-order valence-electron chi connectivity index (χ4n) is 3.89. The third-order valence-corrected chi connectivity index (χ3v) is 5.97. The van der Waals surface area contributed by atoms with Crippen LogP contribution in [0.1, 0.15) is 41.2 Å². The minimum Gasteiger partial charge on any atom is -0.507 e. The molecular formula is C32H32FNO2. The number of benzene rings is 3. The molecule has 3 aromatic rings. The van der Waals surface area contributed by atoms with Gasteiger partial charge in [-0.2, -0.15) is 0 Å². The maximum Gasteiger partial charge on any atom is 0.192 e. The Kier molecular flexibility index (Phi) is 8.80. The van der Waals surface area contributed by atoms with Gasteiger partial charge in [-0.25, -0.2) is 9.38 Å². The van der Waals surface area contributed by atoms with E-state index >= 15 is 0 Å². The molecule has 0 saturated carbocycles. The van der Waals surface area contributed by atoms with Crippen molar-refractivity contribution < 1.29 is 14.2 Å². The van der Waals surface area contributed by atoms with Crippen molar-refractivity contribution in [3.8, 4) is 11.5 Å². The van der Waals surface area contributed by atoms with Gasteiger partial charge in [-0.05, 0) is 85.4 Å². The Labute approximate surface area is 213 Å². The maximum absolute atomic E-state index is 15.0. The van der Waals surface area contributed by atoms with Crippen molar-refractivity contribution in [3.63, 3.8) is 0 Å². The van der Waals surface area contributed by atoms with E-state index in [1.165, 1.54) is 11.6 Å². The topological polar surface area (TPSA) is 41.8 Å². The quantitative estimate of drug-likeness (QED) is 0.230. The first kappa shape index (κ1) is 26.4. The summed E-state index contributed by atoms with van der Waals surface area (Å²) in [5, 5.41) is 10.2. The smallest absolute Gasteiger partial charge is 0.192 e. The standard InChI is InChI=1S/C30H28FNO2.C2H4/c1-19-12-15-25(16-20(19)2)34-22(4)32-29-18-27(28(31)17-21(29)3)24-9-7-8-23(13-14-24)26-10-5-6-11-30(26)33;1-2/h5-8,10-18,33H,9H2,1-4H3;1-2H2. The monoisotopic (exact) mass is 481 g/mol. The van der Waals surface area contributed by atoms with Gasteiger partial charge in [0, 0.05) is 18.1 Å². The van der Waals surface area contributed by atoms with Gasteiger partial charge in [-0.3, -0.25) is 0 Å². The highest BCUT2D eigenvalue weighted by molar-refractivity contribution is 5.84. The fourth-order valence-corrected chi connectivity index (χ4v) is 3.89. The lowest BCUT2D eigenvalue weighted by atomic mass is 9.99. The van der Waals surface area contributed by atoms with Gasteiger partial charge in [0.05, 0.1) is 5.69 Å². The molecule has 0 bridgehead atoms. The molecule has 1 aliphatic carbocycles. The van der Waals surface area contributed by atoms with E-state index in [-0.39, 0.29) is 11.6 Å². The van der Waals surface area contributed by atoms with Crippen LogP contribution in [0.3, 0.4) is 0 Å². The van der Waals surface area contributed by atoms with Crippen molar-refractivity contribution in [2.75, 3.05) is 0 Å². The fraction of sp³-hybridized carbons (Fsp3) is 0.156. The first-order chi connectivity index (χ1) is 17.3. The van der Waals surface area contributed by atoms with Crippen molar-refractivity contribution >= 4 is 22.7 Å². The third kappa shape index (κ3) is 6.28. The summed E-state index contributed by atoms with van der Waals surface area (Å²) in [6.45, 7) is 13.7. The van der Waals surface area contributed by atoms with Gasteiger partial charge >= 0.3 is 0 Å². The largest absolute Gasteiger partial charge is 0.507 e. The number of allylic oxidation sites excluding steroid dienone is 6. The van der Waals surface area contributed by atoms with Crippen molar-refractivity contribution in [2.24, 2.45) is 4.99 Å². The van der Waals surface area contributed by atoms with Crippen molar-refractivity contribution in [1.29, 1.82) is 0 Å². The molecule has 36 heavy (non-hydrogen) atoms. The molecule has 0 spiro atoms. The Morgan fingerprint density at radius 2 is 1.67 bits per heavy atom. The van der Waals surface area contributed by atoms with Crippen molar-refractivity contribution in [1.82, 2.24) is 0 Å². The molecule has 4 heteroatoms. The summed E-state index contributed by atoms with van der Waals surface area (Å²) in [7, 11) is 0. The lowest BCUT2D eigenvalue weighted by Crippen LogP contribution is -2.03. The zero-order chi connectivity index (χ0) is 26.2. The van der Waals surface area contributed by atoms with Crippen LogP contribution in [0.25, 0.3) is 11.1 Å².